The highest BCUT2D eigenvalue weighted by molar-refractivity contribution is 6.13. The van der Waals surface area contributed by atoms with Crippen LogP contribution in [0.1, 0.15) is 22.3 Å². The summed E-state index contributed by atoms with van der Waals surface area (Å²) in [5.41, 5.74) is 8.92. The largest absolute Gasteiger partial charge is 0.307 e. The zero-order chi connectivity index (χ0) is 20.2. The predicted molar refractivity (Wildman–Crippen MR) is 118 cm³/mol. The Kier molecular flexibility index (Phi) is 3.36. The molecule has 0 unspecified atom stereocenters. The molecule has 4 aromatic carbocycles. The van der Waals surface area contributed by atoms with Gasteiger partial charge in [0, 0.05) is 10.8 Å². The van der Waals surface area contributed by atoms with E-state index in [4.69, 9.17) is 0 Å². The minimum atomic E-state index is 0.500. The van der Waals surface area contributed by atoms with E-state index in [1.165, 1.54) is 27.6 Å². The third-order valence-corrected chi connectivity index (χ3v) is 6.12. The van der Waals surface area contributed by atoms with Crippen molar-refractivity contribution in [2.75, 3.05) is 0 Å². The molecule has 3 nitrogen and oxygen atoms in total. The van der Waals surface area contributed by atoms with Gasteiger partial charge >= 0.3 is 0 Å². The molecule has 0 saturated heterocycles. The van der Waals surface area contributed by atoms with E-state index >= 15 is 0 Å². The molecule has 5 aromatic rings. The minimum absolute atomic E-state index is 0.500. The van der Waals surface area contributed by atoms with E-state index < -0.39 is 0 Å². The van der Waals surface area contributed by atoms with E-state index in [-0.39, 0.29) is 0 Å². The molecule has 0 bridgehead atoms. The average molecular weight is 381 g/mol. The van der Waals surface area contributed by atoms with Crippen LogP contribution < -0.4 is 0 Å². The number of para-hydroxylation sites is 2. The van der Waals surface area contributed by atoms with Gasteiger partial charge in [-0.05, 0) is 52.9 Å². The molecule has 0 spiro atoms. The molecule has 0 aliphatic heterocycles. The van der Waals surface area contributed by atoms with Crippen molar-refractivity contribution in [2.24, 2.45) is 0 Å². The predicted octanol–water partition coefficient (Wildman–Crippen LogP) is 6.10. The number of fused-ring (bicyclic) bond motifs is 7. The van der Waals surface area contributed by atoms with Crippen LogP contribution in [0.3, 0.4) is 0 Å². The van der Waals surface area contributed by atoms with Crippen LogP contribution in [-0.2, 0) is 6.42 Å². The second kappa shape index (κ2) is 6.08. The fourth-order valence-corrected chi connectivity index (χ4v) is 4.90. The minimum Gasteiger partial charge on any atom is -0.307 e. The first-order valence-electron chi connectivity index (χ1n) is 9.88. The SMILES string of the molecule is N#Cc1cccc(C#N)c1-n1c2ccccc2c2c3c(ccc21)-c1ccccc1C3. The molecule has 138 valence electrons. The highest BCUT2D eigenvalue weighted by Crippen LogP contribution is 2.44. The molecule has 1 aliphatic carbocycles. The van der Waals surface area contributed by atoms with Crippen LogP contribution in [0.4, 0.5) is 0 Å². The molecule has 3 heteroatoms. The molecule has 30 heavy (non-hydrogen) atoms. The summed E-state index contributed by atoms with van der Waals surface area (Å²) in [6.07, 6.45) is 0.891. The van der Waals surface area contributed by atoms with Crippen molar-refractivity contribution in [1.29, 1.82) is 10.5 Å². The van der Waals surface area contributed by atoms with Gasteiger partial charge in [-0.3, -0.25) is 0 Å². The van der Waals surface area contributed by atoms with Gasteiger partial charge in [-0.25, -0.2) is 0 Å². The maximum absolute atomic E-state index is 9.78. The first kappa shape index (κ1) is 16.6. The van der Waals surface area contributed by atoms with Gasteiger partial charge in [0.2, 0.25) is 0 Å². The first-order valence-corrected chi connectivity index (χ1v) is 9.88. The van der Waals surface area contributed by atoms with Crippen molar-refractivity contribution in [3.63, 3.8) is 0 Å². The van der Waals surface area contributed by atoms with Crippen LogP contribution in [0.15, 0.2) is 78.9 Å². The monoisotopic (exact) mass is 381 g/mol. The Hall–Kier alpha value is -4.34. The summed E-state index contributed by atoms with van der Waals surface area (Å²) in [4.78, 5) is 0. The maximum atomic E-state index is 9.78. The fraction of sp³-hybridized carbons (Fsp3) is 0.0370. The van der Waals surface area contributed by atoms with Crippen LogP contribution in [0, 0.1) is 22.7 Å². The van der Waals surface area contributed by atoms with Crippen LogP contribution >= 0.6 is 0 Å². The van der Waals surface area contributed by atoms with Gasteiger partial charge in [0.25, 0.3) is 0 Å². The van der Waals surface area contributed by atoms with E-state index in [0.29, 0.717) is 16.8 Å². The molecule has 1 aromatic heterocycles. The van der Waals surface area contributed by atoms with Crippen molar-refractivity contribution >= 4 is 21.8 Å². The van der Waals surface area contributed by atoms with E-state index in [1.54, 1.807) is 18.2 Å². The summed E-state index contributed by atoms with van der Waals surface area (Å²) in [5.74, 6) is 0. The Morgan fingerprint density at radius 3 is 2.20 bits per heavy atom. The Morgan fingerprint density at radius 2 is 1.40 bits per heavy atom. The summed E-state index contributed by atoms with van der Waals surface area (Å²) in [5, 5.41) is 21.9. The molecule has 0 atom stereocenters. The lowest BCUT2D eigenvalue weighted by atomic mass is 10.0. The van der Waals surface area contributed by atoms with Gasteiger partial charge in [-0.15, -0.1) is 0 Å². The average Bonchev–Trinajstić information content (AvgIpc) is 3.34. The highest BCUT2D eigenvalue weighted by atomic mass is 15.0. The van der Waals surface area contributed by atoms with Gasteiger partial charge in [0.1, 0.15) is 12.1 Å². The standard InChI is InChI=1S/C27H15N3/c28-15-18-7-5-8-19(16-29)27(18)30-24-11-4-3-10-22(24)26-23-14-17-6-1-2-9-20(17)21(23)12-13-25(26)30/h1-13H,14H2. The zero-order valence-electron chi connectivity index (χ0n) is 16.1. The quantitative estimate of drug-likeness (QED) is 0.346. The fourth-order valence-electron chi connectivity index (χ4n) is 4.90. The van der Waals surface area contributed by atoms with Crippen molar-refractivity contribution in [3.8, 4) is 29.0 Å². The number of hydrogen-bond donors (Lipinski definition) is 0. The summed E-state index contributed by atoms with van der Waals surface area (Å²) in [7, 11) is 0. The lowest BCUT2D eigenvalue weighted by molar-refractivity contribution is 1.15. The number of hydrogen-bond acceptors (Lipinski definition) is 2. The zero-order valence-corrected chi connectivity index (χ0v) is 16.1. The van der Waals surface area contributed by atoms with Crippen LogP contribution in [0.25, 0.3) is 38.6 Å². The maximum Gasteiger partial charge on any atom is 0.101 e. The van der Waals surface area contributed by atoms with Crippen LogP contribution in [0.2, 0.25) is 0 Å². The van der Waals surface area contributed by atoms with E-state index in [2.05, 4.69) is 71.3 Å². The molecule has 1 aliphatic rings. The third-order valence-electron chi connectivity index (χ3n) is 6.12. The number of aromatic nitrogens is 1. The lowest BCUT2D eigenvalue weighted by Crippen LogP contribution is -2.01. The van der Waals surface area contributed by atoms with Crippen LogP contribution in [-0.4, -0.2) is 4.57 Å². The van der Waals surface area contributed by atoms with Gasteiger partial charge in [-0.1, -0.05) is 54.6 Å². The van der Waals surface area contributed by atoms with Gasteiger partial charge in [-0.2, -0.15) is 10.5 Å². The number of rotatable bonds is 1. The Morgan fingerprint density at radius 1 is 0.667 bits per heavy atom. The van der Waals surface area contributed by atoms with Crippen molar-refractivity contribution in [1.82, 2.24) is 4.57 Å². The number of nitriles is 2. The topological polar surface area (TPSA) is 52.5 Å². The second-order valence-corrected chi connectivity index (χ2v) is 7.60. The number of benzene rings is 4. The van der Waals surface area contributed by atoms with Gasteiger partial charge in [0.05, 0.1) is 27.8 Å². The summed E-state index contributed by atoms with van der Waals surface area (Å²) in [6.45, 7) is 0. The number of nitrogens with zero attached hydrogens (tertiary/aromatic N) is 3. The van der Waals surface area contributed by atoms with Gasteiger partial charge < -0.3 is 4.57 Å². The van der Waals surface area contributed by atoms with Gasteiger partial charge in [0.15, 0.2) is 0 Å². The first-order chi connectivity index (χ1) is 14.8. The molecular weight excluding hydrogens is 366 g/mol. The van der Waals surface area contributed by atoms with Crippen molar-refractivity contribution in [2.45, 2.75) is 6.42 Å². The lowest BCUT2D eigenvalue weighted by Gasteiger charge is -2.12. The molecule has 0 saturated carbocycles. The Bertz CT molecular complexity index is 1560. The van der Waals surface area contributed by atoms with E-state index in [9.17, 15) is 10.5 Å². The Labute approximate surface area is 173 Å². The molecule has 0 fully saturated rings. The summed E-state index contributed by atoms with van der Waals surface area (Å²) < 4.78 is 2.09. The molecular formula is C27H15N3. The molecule has 0 radical (unpaired) electrons. The molecule has 1 heterocycles. The van der Waals surface area contributed by atoms with Crippen molar-refractivity contribution < 1.29 is 0 Å². The third kappa shape index (κ3) is 2.07. The second-order valence-electron chi connectivity index (χ2n) is 7.60. The molecule has 0 N–H and O–H groups in total. The Balaban J connectivity index is 1.80. The summed E-state index contributed by atoms with van der Waals surface area (Å²) in [6, 6.07) is 31.0. The normalized spacial score (nSPS) is 11.8. The highest BCUT2D eigenvalue weighted by Gasteiger charge is 2.25. The van der Waals surface area contributed by atoms with Crippen molar-refractivity contribution in [3.05, 3.63) is 101 Å². The molecule has 6 rings (SSSR count). The summed E-state index contributed by atoms with van der Waals surface area (Å²) >= 11 is 0. The molecule has 0 amide bonds. The van der Waals surface area contributed by atoms with E-state index in [0.717, 1.165) is 22.8 Å². The van der Waals surface area contributed by atoms with Crippen LogP contribution in [0.5, 0.6) is 0 Å². The van der Waals surface area contributed by atoms with E-state index in [1.807, 2.05) is 6.07 Å². The smallest absolute Gasteiger partial charge is 0.101 e.